The van der Waals surface area contributed by atoms with E-state index in [1.165, 1.54) is 31.4 Å². The van der Waals surface area contributed by atoms with Crippen LogP contribution in [0.25, 0.3) is 11.1 Å². The number of alkyl halides is 3. The molecule has 0 bridgehead atoms. The second kappa shape index (κ2) is 7.31. The Bertz CT molecular complexity index is 1110. The van der Waals surface area contributed by atoms with Crippen LogP contribution in [0.3, 0.4) is 0 Å². The number of aromatic nitrogens is 1. The van der Waals surface area contributed by atoms with Crippen LogP contribution >= 0.6 is 12.6 Å². The van der Waals surface area contributed by atoms with E-state index in [-0.39, 0.29) is 22.6 Å². The molecule has 9 heteroatoms. The van der Waals surface area contributed by atoms with Crippen LogP contribution in [0.1, 0.15) is 5.56 Å². The van der Waals surface area contributed by atoms with E-state index in [0.717, 1.165) is 16.7 Å². The average Bonchev–Trinajstić information content (AvgIpc) is 2.60. The SMILES string of the molecule is Cn1cc(-c2cc(S)ccc2Oc2ccc(F)cc2F)cc(C(F)(F)F)c1=O. The Morgan fingerprint density at radius 3 is 2.32 bits per heavy atom. The predicted molar refractivity (Wildman–Crippen MR) is 95.8 cm³/mol. The largest absolute Gasteiger partial charge is 0.454 e. The number of hydrogen-bond donors (Lipinski definition) is 1. The average molecular weight is 413 g/mol. The summed E-state index contributed by atoms with van der Waals surface area (Å²) in [5, 5.41) is 0. The van der Waals surface area contributed by atoms with Gasteiger partial charge in [-0.3, -0.25) is 4.79 Å². The Kier molecular flexibility index (Phi) is 5.20. The molecule has 1 aromatic heterocycles. The molecule has 0 saturated carbocycles. The number of hydrogen-bond acceptors (Lipinski definition) is 3. The highest BCUT2D eigenvalue weighted by molar-refractivity contribution is 7.80. The van der Waals surface area contributed by atoms with E-state index in [0.29, 0.717) is 17.0 Å². The first-order chi connectivity index (χ1) is 13.1. The number of rotatable bonds is 3. The highest BCUT2D eigenvalue weighted by Crippen LogP contribution is 2.37. The standard InChI is InChI=1S/C19H12F5NO2S/c1-25-9-10(6-14(18(25)26)19(22,23)24)13-8-12(28)3-5-16(13)27-17-4-2-11(20)7-15(17)21/h2-9,28H,1H3. The molecule has 0 radical (unpaired) electrons. The number of thiol groups is 1. The zero-order valence-corrected chi connectivity index (χ0v) is 15.1. The van der Waals surface area contributed by atoms with E-state index in [4.69, 9.17) is 4.74 Å². The number of halogens is 5. The fourth-order valence-electron chi connectivity index (χ4n) is 2.57. The van der Waals surface area contributed by atoms with Crippen molar-refractivity contribution in [2.24, 2.45) is 7.05 Å². The summed E-state index contributed by atoms with van der Waals surface area (Å²) in [7, 11) is 1.19. The van der Waals surface area contributed by atoms with E-state index in [1.807, 2.05) is 0 Å². The maximum absolute atomic E-state index is 13.9. The van der Waals surface area contributed by atoms with Gasteiger partial charge in [0.2, 0.25) is 0 Å². The zero-order chi connectivity index (χ0) is 20.6. The third kappa shape index (κ3) is 4.04. The predicted octanol–water partition coefficient (Wildman–Crippen LogP) is 5.43. The summed E-state index contributed by atoms with van der Waals surface area (Å²) in [4.78, 5) is 12.2. The van der Waals surface area contributed by atoms with Crippen molar-refractivity contribution in [2.75, 3.05) is 0 Å². The van der Waals surface area contributed by atoms with Gasteiger partial charge in [-0.1, -0.05) is 0 Å². The molecule has 0 atom stereocenters. The summed E-state index contributed by atoms with van der Waals surface area (Å²) in [6.07, 6.45) is -3.65. The molecular formula is C19H12F5NO2S. The zero-order valence-electron chi connectivity index (χ0n) is 14.2. The Balaban J connectivity index is 2.16. The van der Waals surface area contributed by atoms with Gasteiger partial charge in [-0.25, -0.2) is 8.78 Å². The quantitative estimate of drug-likeness (QED) is 0.459. The minimum atomic E-state index is -4.85. The second-order valence-corrected chi connectivity index (χ2v) is 6.43. The molecule has 28 heavy (non-hydrogen) atoms. The van der Waals surface area contributed by atoms with Gasteiger partial charge in [0.15, 0.2) is 11.6 Å². The molecule has 2 aromatic carbocycles. The van der Waals surface area contributed by atoms with Crippen LogP contribution in [-0.4, -0.2) is 4.57 Å². The minimum Gasteiger partial charge on any atom is -0.454 e. The molecule has 0 aliphatic carbocycles. The van der Waals surface area contributed by atoms with Gasteiger partial charge in [0.05, 0.1) is 0 Å². The molecule has 0 spiro atoms. The summed E-state index contributed by atoms with van der Waals surface area (Å²) in [6, 6.07) is 7.66. The molecule has 3 nitrogen and oxygen atoms in total. The van der Waals surface area contributed by atoms with E-state index >= 15 is 0 Å². The van der Waals surface area contributed by atoms with Crippen molar-refractivity contribution >= 4 is 12.6 Å². The summed E-state index contributed by atoms with van der Waals surface area (Å²) < 4.78 is 72.8. The lowest BCUT2D eigenvalue weighted by atomic mass is 10.0. The second-order valence-electron chi connectivity index (χ2n) is 5.91. The summed E-state index contributed by atoms with van der Waals surface area (Å²) in [6.45, 7) is 0. The van der Waals surface area contributed by atoms with Gasteiger partial charge in [0.1, 0.15) is 17.1 Å². The fourth-order valence-corrected chi connectivity index (χ4v) is 2.77. The van der Waals surface area contributed by atoms with Gasteiger partial charge >= 0.3 is 6.18 Å². The van der Waals surface area contributed by atoms with Crippen LogP contribution < -0.4 is 10.3 Å². The maximum Gasteiger partial charge on any atom is 0.421 e. The Morgan fingerprint density at radius 1 is 1.00 bits per heavy atom. The van der Waals surface area contributed by atoms with Crippen LogP contribution in [0.4, 0.5) is 22.0 Å². The number of ether oxygens (including phenoxy) is 1. The van der Waals surface area contributed by atoms with E-state index in [2.05, 4.69) is 12.6 Å². The van der Waals surface area contributed by atoms with Crippen molar-refractivity contribution in [2.45, 2.75) is 11.1 Å². The lowest BCUT2D eigenvalue weighted by Gasteiger charge is -2.15. The molecule has 0 aliphatic heterocycles. The first-order valence-corrected chi connectivity index (χ1v) is 8.25. The molecule has 0 saturated heterocycles. The number of benzene rings is 2. The van der Waals surface area contributed by atoms with Crippen LogP contribution in [-0.2, 0) is 13.2 Å². The van der Waals surface area contributed by atoms with Gasteiger partial charge in [-0.15, -0.1) is 12.6 Å². The monoisotopic (exact) mass is 413 g/mol. The van der Waals surface area contributed by atoms with Gasteiger partial charge in [-0.05, 0) is 36.4 Å². The topological polar surface area (TPSA) is 31.2 Å². The van der Waals surface area contributed by atoms with Crippen molar-refractivity contribution in [1.82, 2.24) is 4.57 Å². The van der Waals surface area contributed by atoms with Crippen LogP contribution in [0, 0.1) is 11.6 Å². The summed E-state index contributed by atoms with van der Waals surface area (Å²) >= 11 is 4.17. The molecule has 3 rings (SSSR count). The maximum atomic E-state index is 13.9. The van der Waals surface area contributed by atoms with Crippen molar-refractivity contribution < 1.29 is 26.7 Å². The van der Waals surface area contributed by atoms with Crippen molar-refractivity contribution in [1.29, 1.82) is 0 Å². The van der Waals surface area contributed by atoms with E-state index in [1.54, 1.807) is 0 Å². The highest BCUT2D eigenvalue weighted by Gasteiger charge is 2.35. The smallest absolute Gasteiger partial charge is 0.421 e. The highest BCUT2D eigenvalue weighted by atomic mass is 32.1. The molecule has 0 amide bonds. The van der Waals surface area contributed by atoms with Crippen molar-refractivity contribution in [3.8, 4) is 22.6 Å². The Labute approximate surface area is 161 Å². The van der Waals surface area contributed by atoms with Crippen molar-refractivity contribution in [3.05, 3.63) is 76.2 Å². The normalized spacial score (nSPS) is 11.5. The first-order valence-electron chi connectivity index (χ1n) is 7.80. The van der Waals surface area contributed by atoms with Gasteiger partial charge in [0, 0.05) is 35.3 Å². The number of pyridine rings is 1. The lowest BCUT2D eigenvalue weighted by molar-refractivity contribution is -0.138. The van der Waals surface area contributed by atoms with Crippen molar-refractivity contribution in [3.63, 3.8) is 0 Å². The Morgan fingerprint density at radius 2 is 1.68 bits per heavy atom. The summed E-state index contributed by atoms with van der Waals surface area (Å²) in [5.41, 5.74) is -2.39. The molecule has 0 aliphatic rings. The Hall–Kier alpha value is -2.81. The van der Waals surface area contributed by atoms with Gasteiger partial charge < -0.3 is 9.30 Å². The van der Waals surface area contributed by atoms with Crippen LogP contribution in [0.15, 0.2) is 58.4 Å². The molecule has 146 valence electrons. The molecule has 3 aromatic rings. The third-order valence-electron chi connectivity index (χ3n) is 3.88. The minimum absolute atomic E-state index is 0.00933. The van der Waals surface area contributed by atoms with Gasteiger partial charge in [-0.2, -0.15) is 13.2 Å². The van der Waals surface area contributed by atoms with E-state index in [9.17, 15) is 26.7 Å². The molecule has 0 N–H and O–H groups in total. The summed E-state index contributed by atoms with van der Waals surface area (Å²) in [5.74, 6) is -2.08. The number of nitrogens with zero attached hydrogens (tertiary/aromatic N) is 1. The molecule has 0 unspecified atom stereocenters. The molecular weight excluding hydrogens is 401 g/mol. The number of aryl methyl sites for hydroxylation is 1. The third-order valence-corrected chi connectivity index (χ3v) is 4.15. The van der Waals surface area contributed by atoms with Crippen LogP contribution in [0.2, 0.25) is 0 Å². The lowest BCUT2D eigenvalue weighted by Crippen LogP contribution is -2.26. The first kappa shape index (κ1) is 19.9. The molecule has 0 fully saturated rings. The van der Waals surface area contributed by atoms with Gasteiger partial charge in [0.25, 0.3) is 5.56 Å². The fraction of sp³-hybridized carbons (Fsp3) is 0.105. The van der Waals surface area contributed by atoms with E-state index < -0.39 is 28.9 Å². The van der Waals surface area contributed by atoms with Crippen LogP contribution in [0.5, 0.6) is 11.5 Å². The molecule has 1 heterocycles.